The molecule has 0 saturated carbocycles. The SMILES string of the molecule is O=C(Cn1ncc(=O)c2ccccc21)N1N=C(c2ccc(Cl)cc2)CC1c1ccco1. The van der Waals surface area contributed by atoms with E-state index in [0.29, 0.717) is 28.1 Å². The van der Waals surface area contributed by atoms with Crippen LogP contribution in [0.4, 0.5) is 0 Å². The summed E-state index contributed by atoms with van der Waals surface area (Å²) in [6, 6.07) is 17.7. The van der Waals surface area contributed by atoms with Gasteiger partial charge in [-0.15, -0.1) is 0 Å². The zero-order valence-electron chi connectivity index (χ0n) is 16.3. The fourth-order valence-electron chi connectivity index (χ4n) is 3.75. The monoisotopic (exact) mass is 432 g/mol. The van der Waals surface area contributed by atoms with Gasteiger partial charge in [0.2, 0.25) is 5.43 Å². The molecule has 5 rings (SSSR count). The van der Waals surface area contributed by atoms with Gasteiger partial charge < -0.3 is 4.42 Å². The van der Waals surface area contributed by atoms with Crippen molar-refractivity contribution in [1.29, 1.82) is 0 Å². The standard InChI is InChI=1S/C23H17ClN4O3/c24-16-9-7-15(8-10-16)18-12-20(22-6-3-11-31-22)28(26-18)23(30)14-27-19-5-2-1-4-17(19)21(29)13-25-27/h1-11,13,20H,12,14H2. The van der Waals surface area contributed by atoms with Crippen LogP contribution in [-0.4, -0.2) is 26.4 Å². The van der Waals surface area contributed by atoms with Crippen LogP contribution in [0.1, 0.15) is 23.8 Å². The average Bonchev–Trinajstić information content (AvgIpc) is 3.46. The predicted molar refractivity (Wildman–Crippen MR) is 117 cm³/mol. The van der Waals surface area contributed by atoms with Crippen LogP contribution in [0.5, 0.6) is 0 Å². The molecule has 0 fully saturated rings. The van der Waals surface area contributed by atoms with Crippen LogP contribution in [-0.2, 0) is 11.3 Å². The first-order valence-corrected chi connectivity index (χ1v) is 10.1. The molecule has 1 atom stereocenters. The van der Waals surface area contributed by atoms with Crippen molar-refractivity contribution in [2.75, 3.05) is 0 Å². The Labute approximate surface area is 182 Å². The molecule has 0 saturated heterocycles. The maximum absolute atomic E-state index is 13.3. The number of benzene rings is 2. The van der Waals surface area contributed by atoms with Crippen LogP contribution in [0.15, 0.2) is 87.4 Å². The maximum atomic E-state index is 13.3. The van der Waals surface area contributed by atoms with Crippen LogP contribution in [0, 0.1) is 0 Å². The van der Waals surface area contributed by atoms with Gasteiger partial charge in [-0.3, -0.25) is 14.3 Å². The minimum atomic E-state index is -0.362. The number of rotatable bonds is 4. The maximum Gasteiger partial charge on any atom is 0.265 e. The third kappa shape index (κ3) is 3.64. The second kappa shape index (κ2) is 7.85. The van der Waals surface area contributed by atoms with Crippen molar-refractivity contribution in [3.8, 4) is 0 Å². The number of carbonyl (C=O) groups excluding carboxylic acids is 1. The van der Waals surface area contributed by atoms with Crippen molar-refractivity contribution < 1.29 is 9.21 Å². The van der Waals surface area contributed by atoms with Crippen molar-refractivity contribution in [1.82, 2.24) is 14.8 Å². The number of hydrazone groups is 1. The van der Waals surface area contributed by atoms with Crippen molar-refractivity contribution in [2.45, 2.75) is 19.0 Å². The van der Waals surface area contributed by atoms with Crippen LogP contribution < -0.4 is 5.43 Å². The first kappa shape index (κ1) is 19.3. The summed E-state index contributed by atoms with van der Waals surface area (Å²) in [6.07, 6.45) is 3.32. The molecule has 0 spiro atoms. The summed E-state index contributed by atoms with van der Waals surface area (Å²) in [5, 5.41) is 11.4. The third-order valence-corrected chi connectivity index (χ3v) is 5.51. The summed E-state index contributed by atoms with van der Waals surface area (Å²) in [5.41, 5.74) is 2.07. The first-order chi connectivity index (χ1) is 15.1. The van der Waals surface area contributed by atoms with Crippen molar-refractivity contribution in [3.05, 3.63) is 99.7 Å². The molecule has 2 aromatic heterocycles. The lowest BCUT2D eigenvalue weighted by molar-refractivity contribution is -0.134. The molecule has 3 heterocycles. The Hall–Kier alpha value is -3.71. The summed E-state index contributed by atoms with van der Waals surface area (Å²) in [4.78, 5) is 25.4. The number of hydrogen-bond acceptors (Lipinski definition) is 5. The summed E-state index contributed by atoms with van der Waals surface area (Å²) >= 11 is 6.01. The topological polar surface area (TPSA) is 80.7 Å². The predicted octanol–water partition coefficient (Wildman–Crippen LogP) is 4.02. The van der Waals surface area contributed by atoms with Gasteiger partial charge in [-0.1, -0.05) is 35.9 Å². The smallest absolute Gasteiger partial charge is 0.265 e. The molecular weight excluding hydrogens is 416 g/mol. The van der Waals surface area contributed by atoms with Gasteiger partial charge in [0.1, 0.15) is 18.3 Å². The van der Waals surface area contributed by atoms with Crippen LogP contribution in [0.2, 0.25) is 5.02 Å². The Kier molecular flexibility index (Phi) is 4.88. The Morgan fingerprint density at radius 1 is 1.10 bits per heavy atom. The van der Waals surface area contributed by atoms with Gasteiger partial charge in [0.25, 0.3) is 5.91 Å². The van der Waals surface area contributed by atoms with Crippen LogP contribution in [0.25, 0.3) is 10.9 Å². The fraction of sp³-hybridized carbons (Fsp3) is 0.130. The van der Waals surface area contributed by atoms with Gasteiger partial charge in [-0.05, 0) is 42.0 Å². The highest BCUT2D eigenvalue weighted by Crippen LogP contribution is 2.33. The van der Waals surface area contributed by atoms with E-state index in [1.807, 2.05) is 24.3 Å². The lowest BCUT2D eigenvalue weighted by atomic mass is 10.0. The van der Waals surface area contributed by atoms with Gasteiger partial charge in [0, 0.05) is 16.8 Å². The molecule has 7 nitrogen and oxygen atoms in total. The minimum Gasteiger partial charge on any atom is -0.467 e. The average molecular weight is 433 g/mol. The molecule has 8 heteroatoms. The molecule has 1 amide bonds. The molecule has 31 heavy (non-hydrogen) atoms. The van der Waals surface area contributed by atoms with E-state index < -0.39 is 0 Å². The number of furan rings is 1. The molecule has 1 aliphatic heterocycles. The van der Waals surface area contributed by atoms with Gasteiger partial charge in [0.15, 0.2) is 0 Å². The number of para-hydroxylation sites is 1. The number of aromatic nitrogens is 2. The van der Waals surface area contributed by atoms with E-state index in [2.05, 4.69) is 10.2 Å². The lowest BCUT2D eigenvalue weighted by Gasteiger charge is -2.20. The van der Waals surface area contributed by atoms with Gasteiger partial charge >= 0.3 is 0 Å². The third-order valence-electron chi connectivity index (χ3n) is 5.26. The number of amides is 1. The summed E-state index contributed by atoms with van der Waals surface area (Å²) in [5.74, 6) is 0.394. The molecule has 0 bridgehead atoms. The van der Waals surface area contributed by atoms with Gasteiger partial charge in [-0.2, -0.15) is 10.2 Å². The largest absolute Gasteiger partial charge is 0.467 e. The van der Waals surface area contributed by atoms with Crippen molar-refractivity contribution in [3.63, 3.8) is 0 Å². The molecule has 2 aromatic carbocycles. The van der Waals surface area contributed by atoms with E-state index in [1.165, 1.54) is 15.9 Å². The first-order valence-electron chi connectivity index (χ1n) is 9.74. The minimum absolute atomic E-state index is 0.0601. The number of fused-ring (bicyclic) bond motifs is 1. The summed E-state index contributed by atoms with van der Waals surface area (Å²) < 4.78 is 7.11. The summed E-state index contributed by atoms with van der Waals surface area (Å²) in [7, 11) is 0. The van der Waals surface area contributed by atoms with E-state index in [0.717, 1.165) is 11.3 Å². The fourth-order valence-corrected chi connectivity index (χ4v) is 3.87. The Balaban J connectivity index is 1.50. The Bertz CT molecular complexity index is 1340. The highest BCUT2D eigenvalue weighted by atomic mass is 35.5. The van der Waals surface area contributed by atoms with E-state index in [-0.39, 0.29) is 23.9 Å². The number of carbonyl (C=O) groups is 1. The normalized spacial score (nSPS) is 16.0. The zero-order chi connectivity index (χ0) is 21.4. The molecular formula is C23H17ClN4O3. The molecule has 0 N–H and O–H groups in total. The van der Waals surface area contributed by atoms with Crippen molar-refractivity contribution >= 4 is 34.1 Å². The van der Waals surface area contributed by atoms with Crippen LogP contribution >= 0.6 is 11.6 Å². The Morgan fingerprint density at radius 2 is 1.90 bits per heavy atom. The quantitative estimate of drug-likeness (QED) is 0.487. The molecule has 0 radical (unpaired) electrons. The summed E-state index contributed by atoms with van der Waals surface area (Å²) in [6.45, 7) is -0.0601. The van der Waals surface area contributed by atoms with Crippen LogP contribution in [0.3, 0.4) is 0 Å². The molecule has 1 aliphatic rings. The lowest BCUT2D eigenvalue weighted by Crippen LogP contribution is -2.31. The van der Waals surface area contributed by atoms with Gasteiger partial charge in [0.05, 0.1) is 23.7 Å². The number of hydrogen-bond donors (Lipinski definition) is 0. The van der Waals surface area contributed by atoms with E-state index in [4.69, 9.17) is 16.0 Å². The second-order valence-corrected chi connectivity index (χ2v) is 7.65. The molecule has 1 unspecified atom stereocenters. The van der Waals surface area contributed by atoms with E-state index >= 15 is 0 Å². The molecule has 154 valence electrons. The molecule has 0 aliphatic carbocycles. The number of halogens is 1. The Morgan fingerprint density at radius 3 is 2.68 bits per heavy atom. The second-order valence-electron chi connectivity index (χ2n) is 7.21. The van der Waals surface area contributed by atoms with Crippen molar-refractivity contribution in [2.24, 2.45) is 5.10 Å². The highest BCUT2D eigenvalue weighted by molar-refractivity contribution is 6.30. The van der Waals surface area contributed by atoms with Gasteiger partial charge in [-0.25, -0.2) is 5.01 Å². The van der Waals surface area contributed by atoms with E-state index in [1.54, 1.807) is 42.7 Å². The van der Waals surface area contributed by atoms with E-state index in [9.17, 15) is 9.59 Å². The number of nitrogens with zero attached hydrogens (tertiary/aromatic N) is 4. The highest BCUT2D eigenvalue weighted by Gasteiger charge is 2.35. The molecule has 4 aromatic rings. The zero-order valence-corrected chi connectivity index (χ0v) is 17.1.